The van der Waals surface area contributed by atoms with Gasteiger partial charge in [0.25, 0.3) is 0 Å². The lowest BCUT2D eigenvalue weighted by molar-refractivity contribution is -0.111. The second-order valence-electron chi connectivity index (χ2n) is 10.8. The van der Waals surface area contributed by atoms with E-state index in [4.69, 9.17) is 14.5 Å². The minimum absolute atomic E-state index is 0.145. The van der Waals surface area contributed by atoms with Gasteiger partial charge in [0, 0.05) is 49.3 Å². The molecule has 0 unspecified atom stereocenters. The van der Waals surface area contributed by atoms with Gasteiger partial charge in [-0.2, -0.15) is 4.98 Å². The fraction of sp³-hybridized carbons (Fsp3) is 0.387. The van der Waals surface area contributed by atoms with Crippen LogP contribution in [0.5, 0.6) is 5.88 Å². The van der Waals surface area contributed by atoms with E-state index in [2.05, 4.69) is 25.5 Å². The minimum atomic E-state index is -0.209. The molecule has 4 heterocycles. The molecule has 3 aromatic rings. The summed E-state index contributed by atoms with van der Waals surface area (Å²) in [6.45, 7) is 4.25. The molecule has 0 radical (unpaired) electrons. The zero-order chi connectivity index (χ0) is 29.6. The summed E-state index contributed by atoms with van der Waals surface area (Å²) in [7, 11) is 1.62. The third kappa shape index (κ3) is 7.09. The Morgan fingerprint density at radius 3 is 2.70 bits per heavy atom. The molecule has 2 aromatic heterocycles. The normalized spacial score (nSPS) is 16.9. The molecule has 12 nitrogen and oxygen atoms in total. The number of hydrogen-bond acceptors (Lipinski definition) is 9. The quantitative estimate of drug-likeness (QED) is 0.234. The first kappa shape index (κ1) is 28.6. The summed E-state index contributed by atoms with van der Waals surface area (Å²) in [4.78, 5) is 45.9. The van der Waals surface area contributed by atoms with E-state index in [9.17, 15) is 9.59 Å². The van der Waals surface area contributed by atoms with E-state index in [1.54, 1.807) is 42.6 Å². The molecular formula is C31H36N8O4. The molecule has 6 rings (SSSR count). The van der Waals surface area contributed by atoms with Gasteiger partial charge in [0.05, 0.1) is 30.7 Å². The molecule has 1 aliphatic carbocycles. The van der Waals surface area contributed by atoms with Crippen molar-refractivity contribution in [2.45, 2.75) is 38.3 Å². The summed E-state index contributed by atoms with van der Waals surface area (Å²) < 4.78 is 10.5. The van der Waals surface area contributed by atoms with Crippen LogP contribution in [0, 0.1) is 0 Å². The predicted molar refractivity (Wildman–Crippen MR) is 163 cm³/mol. The van der Waals surface area contributed by atoms with E-state index in [-0.39, 0.29) is 18.0 Å². The first-order valence-electron chi connectivity index (χ1n) is 14.7. The Kier molecular flexibility index (Phi) is 8.75. The van der Waals surface area contributed by atoms with Gasteiger partial charge in [-0.3, -0.25) is 9.69 Å². The van der Waals surface area contributed by atoms with E-state index < -0.39 is 0 Å². The summed E-state index contributed by atoms with van der Waals surface area (Å²) in [5.41, 5.74) is 2.73. The van der Waals surface area contributed by atoms with Crippen molar-refractivity contribution in [2.75, 3.05) is 55.5 Å². The molecule has 3 aliphatic rings. The molecule has 1 saturated carbocycles. The molecular weight excluding hydrogens is 548 g/mol. The van der Waals surface area contributed by atoms with E-state index in [0.717, 1.165) is 38.0 Å². The minimum Gasteiger partial charge on any atom is -0.475 e. The van der Waals surface area contributed by atoms with Crippen molar-refractivity contribution in [1.29, 1.82) is 0 Å². The zero-order valence-corrected chi connectivity index (χ0v) is 24.2. The SMILES string of the molecule is COCCOc1ccc(Nc2ncc3c(n2)N(c2cccc(NC(=O)C=CCN4CCCC4)c2)C(=O)N(C2CC2)C3)cn1. The van der Waals surface area contributed by atoms with Gasteiger partial charge in [0.1, 0.15) is 6.61 Å². The van der Waals surface area contributed by atoms with Crippen LogP contribution < -0.4 is 20.3 Å². The highest BCUT2D eigenvalue weighted by molar-refractivity contribution is 6.03. The monoisotopic (exact) mass is 584 g/mol. The molecule has 224 valence electrons. The van der Waals surface area contributed by atoms with Gasteiger partial charge < -0.3 is 25.0 Å². The Hall–Kier alpha value is -4.55. The van der Waals surface area contributed by atoms with Gasteiger partial charge in [0.15, 0.2) is 5.82 Å². The fourth-order valence-electron chi connectivity index (χ4n) is 5.22. The Balaban J connectivity index is 1.20. The Bertz CT molecular complexity index is 1470. The number of carbonyl (C=O) groups is 2. The van der Waals surface area contributed by atoms with Crippen LogP contribution >= 0.6 is 0 Å². The van der Waals surface area contributed by atoms with Crippen molar-refractivity contribution in [3.63, 3.8) is 0 Å². The molecule has 1 saturated heterocycles. The van der Waals surface area contributed by atoms with Crippen molar-refractivity contribution in [2.24, 2.45) is 0 Å². The van der Waals surface area contributed by atoms with Crippen LogP contribution in [0.2, 0.25) is 0 Å². The first-order chi connectivity index (χ1) is 21.1. The second kappa shape index (κ2) is 13.2. The molecule has 3 amide bonds. The average molecular weight is 585 g/mol. The van der Waals surface area contributed by atoms with Crippen molar-refractivity contribution >= 4 is 40.8 Å². The largest absolute Gasteiger partial charge is 0.475 e. The molecule has 1 aromatic carbocycles. The molecule has 2 fully saturated rings. The Labute approximate surface area is 250 Å². The summed E-state index contributed by atoms with van der Waals surface area (Å²) in [5.74, 6) is 1.11. The van der Waals surface area contributed by atoms with Crippen molar-refractivity contribution < 1.29 is 19.1 Å². The smallest absolute Gasteiger partial charge is 0.330 e. The first-order valence-corrected chi connectivity index (χ1v) is 14.7. The Morgan fingerprint density at radius 1 is 1.07 bits per heavy atom. The number of nitrogens with zero attached hydrogens (tertiary/aromatic N) is 6. The van der Waals surface area contributed by atoms with Crippen LogP contribution in [0.15, 0.2) is 60.9 Å². The summed E-state index contributed by atoms with van der Waals surface area (Å²) >= 11 is 0. The maximum absolute atomic E-state index is 13.8. The lowest BCUT2D eigenvalue weighted by Crippen LogP contribution is -2.46. The number of benzene rings is 1. The van der Waals surface area contributed by atoms with E-state index in [1.165, 1.54) is 12.8 Å². The fourth-order valence-corrected chi connectivity index (χ4v) is 5.22. The lowest BCUT2D eigenvalue weighted by Gasteiger charge is -2.36. The number of nitrogens with one attached hydrogen (secondary N) is 2. The van der Waals surface area contributed by atoms with Gasteiger partial charge in [-0.1, -0.05) is 12.1 Å². The number of ether oxygens (including phenoxy) is 2. The van der Waals surface area contributed by atoms with Crippen LogP contribution in [-0.4, -0.2) is 82.7 Å². The maximum Gasteiger partial charge on any atom is 0.330 e. The number of fused-ring (bicyclic) bond motifs is 1. The van der Waals surface area contributed by atoms with Gasteiger partial charge in [-0.05, 0) is 63.0 Å². The molecule has 0 spiro atoms. The van der Waals surface area contributed by atoms with Crippen LogP contribution in [-0.2, 0) is 16.1 Å². The average Bonchev–Trinajstić information content (AvgIpc) is 3.72. The van der Waals surface area contributed by atoms with Crippen LogP contribution in [0.1, 0.15) is 31.2 Å². The standard InChI is InChI=1S/C31H36N8O4/c1-42-16-17-43-28-12-9-24(20-32-28)35-30-33-19-22-21-38(25-10-11-25)31(41)39(29(22)36-30)26-7-4-6-23(18-26)34-27(40)8-5-15-37-13-2-3-14-37/h4-9,12,18-20,25H,2-3,10-11,13-17,21H2,1H3,(H,34,40)(H,33,35,36). The lowest BCUT2D eigenvalue weighted by atomic mass is 10.1. The zero-order valence-electron chi connectivity index (χ0n) is 24.2. The van der Waals surface area contributed by atoms with Crippen LogP contribution in [0.3, 0.4) is 0 Å². The van der Waals surface area contributed by atoms with Crippen molar-refractivity contribution in [3.8, 4) is 5.88 Å². The molecule has 43 heavy (non-hydrogen) atoms. The van der Waals surface area contributed by atoms with E-state index in [1.807, 2.05) is 35.2 Å². The Morgan fingerprint density at radius 2 is 1.93 bits per heavy atom. The highest BCUT2D eigenvalue weighted by atomic mass is 16.5. The summed E-state index contributed by atoms with van der Waals surface area (Å²) in [6.07, 6.45) is 11.2. The number of anilines is 5. The molecule has 0 bridgehead atoms. The maximum atomic E-state index is 13.8. The number of carbonyl (C=O) groups excluding carboxylic acids is 2. The molecule has 2 aliphatic heterocycles. The van der Waals surface area contributed by atoms with Crippen molar-refractivity contribution in [1.82, 2.24) is 24.8 Å². The summed E-state index contributed by atoms with van der Waals surface area (Å²) in [5, 5.41) is 6.11. The number of aromatic nitrogens is 3. The molecule has 0 atom stereocenters. The summed E-state index contributed by atoms with van der Waals surface area (Å²) in [6, 6.07) is 10.9. The van der Waals surface area contributed by atoms with E-state index >= 15 is 0 Å². The number of likely N-dealkylation sites (tertiary alicyclic amines) is 1. The third-order valence-electron chi connectivity index (χ3n) is 7.55. The number of rotatable bonds is 12. The van der Waals surface area contributed by atoms with Gasteiger partial charge in [0.2, 0.25) is 17.7 Å². The number of amides is 3. The van der Waals surface area contributed by atoms with Gasteiger partial charge >= 0.3 is 6.03 Å². The number of urea groups is 1. The van der Waals surface area contributed by atoms with Gasteiger partial charge in [-0.15, -0.1) is 0 Å². The third-order valence-corrected chi connectivity index (χ3v) is 7.55. The van der Waals surface area contributed by atoms with E-state index in [0.29, 0.717) is 54.5 Å². The van der Waals surface area contributed by atoms with Crippen LogP contribution in [0.25, 0.3) is 0 Å². The molecule has 2 N–H and O–H groups in total. The number of pyridine rings is 1. The predicted octanol–water partition coefficient (Wildman–Crippen LogP) is 4.47. The highest BCUT2D eigenvalue weighted by Gasteiger charge is 2.41. The topological polar surface area (TPSA) is 125 Å². The van der Waals surface area contributed by atoms with Gasteiger partial charge in [-0.25, -0.2) is 19.7 Å². The molecule has 12 heteroatoms. The highest BCUT2D eigenvalue weighted by Crippen LogP contribution is 2.39. The van der Waals surface area contributed by atoms with Crippen LogP contribution in [0.4, 0.5) is 33.6 Å². The van der Waals surface area contributed by atoms with Crippen molar-refractivity contribution in [3.05, 3.63) is 66.5 Å². The second-order valence-corrected chi connectivity index (χ2v) is 10.8. The number of hydrogen-bond donors (Lipinski definition) is 2. The number of methoxy groups -OCH3 is 1.